The summed E-state index contributed by atoms with van der Waals surface area (Å²) in [5, 5.41) is 5.11. The number of aromatic nitrogens is 2. The van der Waals surface area contributed by atoms with Gasteiger partial charge in [0, 0.05) is 23.4 Å². The van der Waals surface area contributed by atoms with Gasteiger partial charge in [0.1, 0.15) is 0 Å². The van der Waals surface area contributed by atoms with Gasteiger partial charge in [-0.05, 0) is 22.9 Å². The first-order chi connectivity index (χ1) is 10.8. The van der Waals surface area contributed by atoms with E-state index in [2.05, 4.69) is 65.0 Å². The molecule has 2 aromatic heterocycles. The van der Waals surface area contributed by atoms with E-state index >= 15 is 0 Å². The van der Waals surface area contributed by atoms with Crippen LogP contribution in [0.2, 0.25) is 6.55 Å². The maximum Gasteiger partial charge on any atom is 0.0399 e. The van der Waals surface area contributed by atoms with Crippen LogP contribution in [-0.4, -0.2) is 18.8 Å². The van der Waals surface area contributed by atoms with Crippen LogP contribution in [0.3, 0.4) is 0 Å². The second-order valence-electron chi connectivity index (χ2n) is 5.39. The molecule has 2 nitrogen and oxygen atoms in total. The standard InChI is InChI=1S/C19H15N2Si/c1-22(16-10-2-6-14-8-4-12-20-18(14)16)17-11-3-7-15-9-5-13-21-19(15)17/h2-13H,1H3/q-1. The lowest BCUT2D eigenvalue weighted by Crippen LogP contribution is -2.40. The molecule has 0 bridgehead atoms. The van der Waals surface area contributed by atoms with Crippen molar-refractivity contribution in [2.45, 2.75) is 6.55 Å². The molecule has 0 unspecified atom stereocenters. The van der Waals surface area contributed by atoms with Gasteiger partial charge < -0.3 is 0 Å². The highest BCUT2D eigenvalue weighted by molar-refractivity contribution is 6.87. The van der Waals surface area contributed by atoms with E-state index in [-0.39, 0.29) is 0 Å². The molecule has 0 aliphatic carbocycles. The topological polar surface area (TPSA) is 25.8 Å². The van der Waals surface area contributed by atoms with Gasteiger partial charge in [-0.15, -0.1) is 0 Å². The zero-order valence-corrected chi connectivity index (χ0v) is 13.3. The SMILES string of the molecule is C[Si-](c1cccc2cccnc12)c1cccc2cccnc12. The maximum absolute atomic E-state index is 4.61. The summed E-state index contributed by atoms with van der Waals surface area (Å²) in [5.41, 5.74) is 2.24. The minimum atomic E-state index is -0.920. The largest absolute Gasteiger partial charge is 0.259 e. The fourth-order valence-corrected chi connectivity index (χ4v) is 5.07. The second-order valence-corrected chi connectivity index (χ2v) is 7.71. The molecule has 0 aliphatic rings. The summed E-state index contributed by atoms with van der Waals surface area (Å²) in [6, 6.07) is 21.2. The Morgan fingerprint density at radius 1 is 0.636 bits per heavy atom. The molecular weight excluding hydrogens is 284 g/mol. The van der Waals surface area contributed by atoms with Gasteiger partial charge in [0.2, 0.25) is 0 Å². The average Bonchev–Trinajstić information content (AvgIpc) is 2.60. The van der Waals surface area contributed by atoms with Crippen molar-refractivity contribution in [3.63, 3.8) is 0 Å². The lowest BCUT2D eigenvalue weighted by molar-refractivity contribution is 1.42. The molecule has 2 heterocycles. The fraction of sp³-hybridized carbons (Fsp3) is 0.0526. The zero-order valence-electron chi connectivity index (χ0n) is 12.3. The maximum atomic E-state index is 4.61. The number of para-hydroxylation sites is 2. The molecule has 106 valence electrons. The number of hydrogen-bond acceptors (Lipinski definition) is 2. The van der Waals surface area contributed by atoms with E-state index < -0.39 is 8.80 Å². The third kappa shape index (κ3) is 2.10. The summed E-state index contributed by atoms with van der Waals surface area (Å²) in [7, 11) is -0.920. The van der Waals surface area contributed by atoms with Gasteiger partial charge in [0.25, 0.3) is 0 Å². The highest BCUT2D eigenvalue weighted by Crippen LogP contribution is 2.12. The molecule has 0 atom stereocenters. The highest BCUT2D eigenvalue weighted by atomic mass is 28.3. The van der Waals surface area contributed by atoms with Crippen molar-refractivity contribution in [2.75, 3.05) is 0 Å². The predicted molar refractivity (Wildman–Crippen MR) is 94.4 cm³/mol. The zero-order chi connectivity index (χ0) is 14.9. The van der Waals surface area contributed by atoms with Crippen LogP contribution in [0, 0.1) is 0 Å². The van der Waals surface area contributed by atoms with Crippen molar-refractivity contribution in [3.8, 4) is 0 Å². The number of rotatable bonds is 2. The Morgan fingerprint density at radius 2 is 1.09 bits per heavy atom. The van der Waals surface area contributed by atoms with Crippen LogP contribution in [-0.2, 0) is 0 Å². The van der Waals surface area contributed by atoms with Crippen LogP contribution in [0.15, 0.2) is 73.1 Å². The first-order valence-electron chi connectivity index (χ1n) is 7.36. The van der Waals surface area contributed by atoms with Crippen LogP contribution in [0.1, 0.15) is 0 Å². The van der Waals surface area contributed by atoms with E-state index in [1.165, 1.54) is 21.1 Å². The van der Waals surface area contributed by atoms with Gasteiger partial charge in [-0.1, -0.05) is 48.5 Å². The molecule has 2 aromatic carbocycles. The van der Waals surface area contributed by atoms with Gasteiger partial charge in [-0.25, -0.2) is 8.80 Å². The van der Waals surface area contributed by atoms with Crippen molar-refractivity contribution in [3.05, 3.63) is 73.1 Å². The highest BCUT2D eigenvalue weighted by Gasteiger charge is 2.04. The van der Waals surface area contributed by atoms with Gasteiger partial charge in [-0.2, -0.15) is 16.9 Å². The molecule has 0 aliphatic heterocycles. The molecule has 0 amide bonds. The number of nitrogens with zero attached hydrogens (tertiary/aromatic N) is 2. The summed E-state index contributed by atoms with van der Waals surface area (Å²) in [5.74, 6) is 0. The van der Waals surface area contributed by atoms with Crippen LogP contribution in [0.4, 0.5) is 0 Å². The molecule has 3 heteroatoms. The normalized spacial score (nSPS) is 11.0. The Balaban J connectivity index is 1.94. The summed E-state index contributed by atoms with van der Waals surface area (Å²) in [6.45, 7) is 2.33. The Bertz CT molecular complexity index is 875. The van der Waals surface area contributed by atoms with E-state index in [1.807, 2.05) is 24.5 Å². The van der Waals surface area contributed by atoms with E-state index in [4.69, 9.17) is 0 Å². The minimum absolute atomic E-state index is 0.920. The molecular formula is C19H15N2Si-. The van der Waals surface area contributed by atoms with Crippen molar-refractivity contribution in [1.29, 1.82) is 0 Å². The third-order valence-corrected chi connectivity index (χ3v) is 6.50. The Morgan fingerprint density at radius 3 is 1.59 bits per heavy atom. The summed E-state index contributed by atoms with van der Waals surface area (Å²) in [4.78, 5) is 9.23. The van der Waals surface area contributed by atoms with Crippen molar-refractivity contribution in [2.24, 2.45) is 0 Å². The van der Waals surface area contributed by atoms with Crippen molar-refractivity contribution >= 4 is 41.0 Å². The average molecular weight is 299 g/mol. The molecule has 0 N–H and O–H groups in total. The van der Waals surface area contributed by atoms with Crippen LogP contribution in [0.5, 0.6) is 0 Å². The number of hydrogen-bond donors (Lipinski definition) is 0. The summed E-state index contributed by atoms with van der Waals surface area (Å²) >= 11 is 0. The molecule has 0 fully saturated rings. The number of benzene rings is 2. The first-order valence-corrected chi connectivity index (χ1v) is 9.36. The molecule has 4 rings (SSSR count). The first kappa shape index (κ1) is 13.2. The Hall–Kier alpha value is -2.52. The summed E-state index contributed by atoms with van der Waals surface area (Å²) < 4.78 is 0. The fourth-order valence-electron chi connectivity index (χ4n) is 2.96. The van der Waals surface area contributed by atoms with Crippen LogP contribution < -0.4 is 10.4 Å². The second kappa shape index (κ2) is 5.35. The van der Waals surface area contributed by atoms with E-state index in [0.717, 1.165) is 11.0 Å². The monoisotopic (exact) mass is 299 g/mol. The molecule has 22 heavy (non-hydrogen) atoms. The lowest BCUT2D eigenvalue weighted by atomic mass is 10.2. The van der Waals surface area contributed by atoms with E-state index in [1.54, 1.807) is 0 Å². The van der Waals surface area contributed by atoms with Gasteiger partial charge in [-0.3, -0.25) is 9.97 Å². The van der Waals surface area contributed by atoms with E-state index in [9.17, 15) is 0 Å². The van der Waals surface area contributed by atoms with Gasteiger partial charge in [0.15, 0.2) is 0 Å². The number of pyridine rings is 2. The molecule has 0 saturated carbocycles. The minimum Gasteiger partial charge on any atom is -0.259 e. The van der Waals surface area contributed by atoms with Gasteiger partial charge >= 0.3 is 0 Å². The Labute approximate surface area is 131 Å². The smallest absolute Gasteiger partial charge is 0.0399 e. The van der Waals surface area contributed by atoms with E-state index in [0.29, 0.717) is 0 Å². The Kier molecular flexibility index (Phi) is 3.20. The molecule has 0 saturated heterocycles. The molecule has 0 spiro atoms. The quantitative estimate of drug-likeness (QED) is 0.532. The van der Waals surface area contributed by atoms with Crippen LogP contribution in [0.25, 0.3) is 21.8 Å². The molecule has 0 radical (unpaired) electrons. The number of fused-ring (bicyclic) bond motifs is 2. The van der Waals surface area contributed by atoms with Crippen molar-refractivity contribution < 1.29 is 0 Å². The predicted octanol–water partition coefficient (Wildman–Crippen LogP) is 3.02. The summed E-state index contributed by atoms with van der Waals surface area (Å²) in [6.07, 6.45) is 3.75. The lowest BCUT2D eigenvalue weighted by Gasteiger charge is -2.29. The van der Waals surface area contributed by atoms with Crippen molar-refractivity contribution in [1.82, 2.24) is 9.97 Å². The third-order valence-electron chi connectivity index (χ3n) is 4.07. The molecule has 4 aromatic rings. The van der Waals surface area contributed by atoms with Crippen LogP contribution >= 0.6 is 0 Å². The van der Waals surface area contributed by atoms with Gasteiger partial charge in [0.05, 0.1) is 0 Å².